The van der Waals surface area contributed by atoms with Gasteiger partial charge >= 0.3 is 6.03 Å². The van der Waals surface area contributed by atoms with Gasteiger partial charge in [-0.15, -0.1) is 0 Å². The van der Waals surface area contributed by atoms with Gasteiger partial charge in [0.2, 0.25) is 0 Å². The van der Waals surface area contributed by atoms with E-state index in [-0.39, 0.29) is 11.9 Å². The molecule has 3 amide bonds. The average Bonchev–Trinajstić information content (AvgIpc) is 2.93. The molecule has 5 heteroatoms. The number of rotatable bonds is 3. The Bertz CT molecular complexity index is 744. The van der Waals surface area contributed by atoms with E-state index in [1.165, 1.54) is 0 Å². The molecule has 0 aliphatic carbocycles. The van der Waals surface area contributed by atoms with Crippen LogP contribution in [0, 0.1) is 6.92 Å². The Morgan fingerprint density at radius 2 is 1.54 bits per heavy atom. The highest BCUT2D eigenvalue weighted by molar-refractivity contribution is 5.94. The smallest absolute Gasteiger partial charge is 0.317 e. The van der Waals surface area contributed by atoms with E-state index in [1.807, 2.05) is 66.4 Å². The highest BCUT2D eigenvalue weighted by atomic mass is 16.2. The quantitative estimate of drug-likeness (QED) is 0.924. The Hall–Kier alpha value is -2.82. The van der Waals surface area contributed by atoms with Gasteiger partial charge < -0.3 is 15.1 Å². The molecule has 1 saturated heterocycles. The van der Waals surface area contributed by atoms with Crippen LogP contribution in [0.3, 0.4) is 0 Å². The molecule has 2 aromatic carbocycles. The molecular formula is C21H25N3O2. The van der Waals surface area contributed by atoms with Crippen molar-refractivity contribution in [2.45, 2.75) is 19.9 Å². The Kier molecular flexibility index (Phi) is 5.89. The van der Waals surface area contributed by atoms with Crippen molar-refractivity contribution in [1.29, 1.82) is 0 Å². The van der Waals surface area contributed by atoms with Gasteiger partial charge in [0.1, 0.15) is 0 Å². The summed E-state index contributed by atoms with van der Waals surface area (Å²) in [4.78, 5) is 28.7. The minimum atomic E-state index is -0.0708. The molecule has 3 rings (SSSR count). The monoisotopic (exact) mass is 351 g/mol. The summed E-state index contributed by atoms with van der Waals surface area (Å²) in [5.41, 5.74) is 2.92. The molecule has 0 saturated carbocycles. The minimum Gasteiger partial charge on any atom is -0.337 e. The summed E-state index contributed by atoms with van der Waals surface area (Å²) >= 11 is 0. The van der Waals surface area contributed by atoms with Gasteiger partial charge in [0.05, 0.1) is 0 Å². The number of hydrogen-bond acceptors (Lipinski definition) is 2. The zero-order chi connectivity index (χ0) is 18.4. The first-order chi connectivity index (χ1) is 12.6. The van der Waals surface area contributed by atoms with Crippen molar-refractivity contribution in [3.63, 3.8) is 0 Å². The van der Waals surface area contributed by atoms with E-state index in [0.29, 0.717) is 38.3 Å². The molecule has 26 heavy (non-hydrogen) atoms. The molecule has 1 aliphatic heterocycles. The molecule has 5 nitrogen and oxygen atoms in total. The molecule has 136 valence electrons. The Morgan fingerprint density at radius 1 is 0.885 bits per heavy atom. The topological polar surface area (TPSA) is 52.7 Å². The maximum atomic E-state index is 12.7. The summed E-state index contributed by atoms with van der Waals surface area (Å²) < 4.78 is 0. The van der Waals surface area contributed by atoms with Gasteiger partial charge in [-0.05, 0) is 31.0 Å². The van der Waals surface area contributed by atoms with Crippen LogP contribution in [0.1, 0.15) is 27.9 Å². The summed E-state index contributed by atoms with van der Waals surface area (Å²) in [6.07, 6.45) is 0.788. The van der Waals surface area contributed by atoms with Crippen molar-refractivity contribution in [1.82, 2.24) is 15.1 Å². The van der Waals surface area contributed by atoms with E-state index in [4.69, 9.17) is 0 Å². The first kappa shape index (κ1) is 18.0. The largest absolute Gasteiger partial charge is 0.337 e. The Labute approximate surface area is 154 Å². The molecule has 0 spiro atoms. The molecular weight excluding hydrogens is 326 g/mol. The van der Waals surface area contributed by atoms with Crippen molar-refractivity contribution in [3.05, 3.63) is 71.3 Å². The molecule has 0 unspecified atom stereocenters. The van der Waals surface area contributed by atoms with Crippen LogP contribution in [0.25, 0.3) is 0 Å². The third kappa shape index (κ3) is 4.63. The third-order valence-corrected chi connectivity index (χ3v) is 4.66. The lowest BCUT2D eigenvalue weighted by Crippen LogP contribution is -2.42. The van der Waals surface area contributed by atoms with E-state index in [0.717, 1.165) is 17.5 Å². The van der Waals surface area contributed by atoms with Crippen LogP contribution < -0.4 is 5.32 Å². The van der Waals surface area contributed by atoms with E-state index < -0.39 is 0 Å². The van der Waals surface area contributed by atoms with Crippen LogP contribution in [0.5, 0.6) is 0 Å². The van der Waals surface area contributed by atoms with Gasteiger partial charge in [0, 0.05) is 38.3 Å². The van der Waals surface area contributed by atoms with Crippen molar-refractivity contribution in [3.8, 4) is 0 Å². The number of hydrogen-bond donors (Lipinski definition) is 1. The summed E-state index contributed by atoms with van der Waals surface area (Å²) in [7, 11) is 0. The average molecular weight is 351 g/mol. The lowest BCUT2D eigenvalue weighted by molar-refractivity contribution is 0.0762. The Morgan fingerprint density at radius 3 is 2.27 bits per heavy atom. The molecule has 2 aromatic rings. The summed E-state index contributed by atoms with van der Waals surface area (Å²) in [5, 5.41) is 2.96. The van der Waals surface area contributed by atoms with Crippen molar-refractivity contribution in [2.75, 3.05) is 26.2 Å². The van der Waals surface area contributed by atoms with Gasteiger partial charge in [0.25, 0.3) is 5.91 Å². The number of amides is 3. The zero-order valence-electron chi connectivity index (χ0n) is 15.1. The fourth-order valence-electron chi connectivity index (χ4n) is 3.09. The summed E-state index contributed by atoms with van der Waals surface area (Å²) in [6.45, 7) is 4.98. The maximum Gasteiger partial charge on any atom is 0.317 e. The highest BCUT2D eigenvalue weighted by Crippen LogP contribution is 2.11. The molecule has 1 N–H and O–H groups in total. The van der Waals surface area contributed by atoms with E-state index in [1.54, 1.807) is 4.90 Å². The molecule has 0 bridgehead atoms. The fourth-order valence-corrected chi connectivity index (χ4v) is 3.09. The second-order valence-electron chi connectivity index (χ2n) is 6.64. The zero-order valence-corrected chi connectivity index (χ0v) is 15.1. The predicted octanol–water partition coefficient (Wildman–Crippen LogP) is 3.05. The molecule has 0 aromatic heterocycles. The first-order valence-electron chi connectivity index (χ1n) is 9.06. The van der Waals surface area contributed by atoms with Crippen LogP contribution in [-0.4, -0.2) is 47.9 Å². The number of aryl methyl sites for hydroxylation is 1. The Balaban J connectivity index is 1.53. The number of carbonyl (C=O) groups is 2. The molecule has 0 atom stereocenters. The fraction of sp³-hybridized carbons (Fsp3) is 0.333. The van der Waals surface area contributed by atoms with E-state index in [9.17, 15) is 9.59 Å². The highest BCUT2D eigenvalue weighted by Gasteiger charge is 2.22. The number of carbonyl (C=O) groups excluding carboxylic acids is 2. The van der Waals surface area contributed by atoms with Gasteiger partial charge in [-0.25, -0.2) is 4.79 Å². The number of nitrogens with zero attached hydrogens (tertiary/aromatic N) is 2. The maximum absolute atomic E-state index is 12.7. The normalized spacial score (nSPS) is 14.7. The number of urea groups is 1. The lowest BCUT2D eigenvalue weighted by Gasteiger charge is -2.22. The van der Waals surface area contributed by atoms with Gasteiger partial charge in [-0.1, -0.05) is 48.0 Å². The van der Waals surface area contributed by atoms with Crippen molar-refractivity contribution >= 4 is 11.9 Å². The SMILES string of the molecule is Cc1ccc(C(=O)N2CCCN(C(=O)NCc3ccccc3)CC2)cc1. The van der Waals surface area contributed by atoms with Crippen LogP contribution in [-0.2, 0) is 6.54 Å². The predicted molar refractivity (Wildman–Crippen MR) is 102 cm³/mol. The number of benzene rings is 2. The molecule has 1 aliphatic rings. The van der Waals surface area contributed by atoms with E-state index >= 15 is 0 Å². The number of nitrogens with one attached hydrogen (secondary N) is 1. The first-order valence-corrected chi connectivity index (χ1v) is 9.06. The van der Waals surface area contributed by atoms with Crippen molar-refractivity contribution < 1.29 is 9.59 Å². The molecule has 1 fully saturated rings. The van der Waals surface area contributed by atoms with Crippen LogP contribution >= 0.6 is 0 Å². The minimum absolute atomic E-state index is 0.0385. The van der Waals surface area contributed by atoms with Gasteiger partial charge in [-0.3, -0.25) is 4.79 Å². The molecule has 1 heterocycles. The second kappa shape index (κ2) is 8.52. The molecule has 0 radical (unpaired) electrons. The van der Waals surface area contributed by atoms with Crippen LogP contribution in [0.2, 0.25) is 0 Å². The van der Waals surface area contributed by atoms with Crippen LogP contribution in [0.4, 0.5) is 4.79 Å². The van der Waals surface area contributed by atoms with Gasteiger partial charge in [-0.2, -0.15) is 0 Å². The third-order valence-electron chi connectivity index (χ3n) is 4.66. The summed E-state index contributed by atoms with van der Waals surface area (Å²) in [6, 6.07) is 17.4. The van der Waals surface area contributed by atoms with Crippen LogP contribution in [0.15, 0.2) is 54.6 Å². The van der Waals surface area contributed by atoms with Gasteiger partial charge in [0.15, 0.2) is 0 Å². The lowest BCUT2D eigenvalue weighted by atomic mass is 10.1. The second-order valence-corrected chi connectivity index (χ2v) is 6.64. The van der Waals surface area contributed by atoms with E-state index in [2.05, 4.69) is 5.32 Å². The standard InChI is InChI=1S/C21H25N3O2/c1-17-8-10-19(11-9-17)20(25)23-12-5-13-24(15-14-23)21(26)22-16-18-6-3-2-4-7-18/h2-4,6-11H,5,12-16H2,1H3,(H,22,26). The summed E-state index contributed by atoms with van der Waals surface area (Å²) in [5.74, 6) is 0.0385. The van der Waals surface area contributed by atoms with Crippen molar-refractivity contribution in [2.24, 2.45) is 0 Å².